The van der Waals surface area contributed by atoms with Gasteiger partial charge in [0, 0.05) is 11.6 Å². The van der Waals surface area contributed by atoms with Crippen LogP contribution in [0.5, 0.6) is 0 Å². The molecule has 0 N–H and O–H groups in total. The topological polar surface area (TPSA) is 12.9 Å². The molecule has 0 amide bonds. The van der Waals surface area contributed by atoms with Crippen molar-refractivity contribution in [1.29, 1.82) is 0 Å². The minimum absolute atomic E-state index is 0.710. The molecule has 92 valence electrons. The fourth-order valence-electron chi connectivity index (χ4n) is 3.07. The Morgan fingerprint density at radius 1 is 1.11 bits per heavy atom. The minimum Gasteiger partial charge on any atom is -0.256 e. The molecule has 1 heterocycles. The Morgan fingerprint density at radius 2 is 1.94 bits per heavy atom. The maximum atomic E-state index is 4.46. The van der Waals surface area contributed by atoms with Gasteiger partial charge in [0.1, 0.15) is 0 Å². The predicted octanol–water partition coefficient (Wildman–Crippen LogP) is 4.84. The molecule has 1 heteroatoms. The van der Waals surface area contributed by atoms with Crippen LogP contribution in [-0.2, 0) is 0 Å². The number of rotatable bonds is 1. The molecule has 0 spiro atoms. The van der Waals surface area contributed by atoms with Crippen molar-refractivity contribution >= 4 is 10.9 Å². The molecule has 0 radical (unpaired) electrons. The normalized spacial score (nSPS) is 20.1. The molecule has 1 saturated carbocycles. The summed E-state index contributed by atoms with van der Waals surface area (Å²) in [7, 11) is 0. The van der Waals surface area contributed by atoms with Gasteiger partial charge < -0.3 is 0 Å². The van der Waals surface area contributed by atoms with E-state index in [1.165, 1.54) is 36.6 Å². The Morgan fingerprint density at radius 3 is 2.72 bits per heavy atom. The number of aromatic nitrogens is 1. The third-order valence-corrected chi connectivity index (χ3v) is 4.16. The van der Waals surface area contributed by atoms with Gasteiger partial charge in [-0.3, -0.25) is 4.98 Å². The molecule has 18 heavy (non-hydrogen) atoms. The van der Waals surface area contributed by atoms with E-state index in [9.17, 15) is 0 Å². The van der Waals surface area contributed by atoms with E-state index in [1.54, 1.807) is 5.57 Å². The summed E-state index contributed by atoms with van der Waals surface area (Å²) in [6.45, 7) is 2.16. The number of hydrogen-bond acceptors (Lipinski definition) is 1. The van der Waals surface area contributed by atoms with Crippen LogP contribution in [0.1, 0.15) is 44.1 Å². The molecule has 1 nitrogen and oxygen atoms in total. The van der Waals surface area contributed by atoms with Gasteiger partial charge in [-0.15, -0.1) is 0 Å². The second kappa shape index (κ2) is 4.93. The van der Waals surface area contributed by atoms with Crippen LogP contribution in [0, 0.1) is 0 Å². The molecular formula is C17H19N. The second-order valence-corrected chi connectivity index (χ2v) is 5.14. The summed E-state index contributed by atoms with van der Waals surface area (Å²) in [6.07, 6.45) is 9.27. The first-order chi connectivity index (χ1) is 8.88. The minimum atomic E-state index is 0.710. The van der Waals surface area contributed by atoms with Gasteiger partial charge in [0.05, 0.1) is 5.52 Å². The van der Waals surface area contributed by atoms with Gasteiger partial charge in [-0.2, -0.15) is 0 Å². The average molecular weight is 237 g/mol. The van der Waals surface area contributed by atoms with E-state index in [4.69, 9.17) is 0 Å². The number of nitrogens with zero attached hydrogens (tertiary/aromatic N) is 1. The summed E-state index contributed by atoms with van der Waals surface area (Å²) in [5, 5.41) is 1.34. The van der Waals surface area contributed by atoms with Crippen LogP contribution in [0.3, 0.4) is 0 Å². The monoisotopic (exact) mass is 237 g/mol. The fraction of sp³-hybridized carbons (Fsp3) is 0.353. The zero-order chi connectivity index (χ0) is 12.4. The highest BCUT2D eigenvalue weighted by atomic mass is 14.6. The number of hydrogen-bond donors (Lipinski definition) is 0. The molecule has 0 bridgehead atoms. The summed E-state index contributed by atoms with van der Waals surface area (Å²) in [5.74, 6) is 0.710. The van der Waals surface area contributed by atoms with Gasteiger partial charge in [0.25, 0.3) is 0 Å². The lowest BCUT2D eigenvalue weighted by atomic mass is 9.80. The molecule has 0 aliphatic heterocycles. The summed E-state index contributed by atoms with van der Waals surface area (Å²) >= 11 is 0. The Balaban J connectivity index is 1.95. The lowest BCUT2D eigenvalue weighted by Crippen LogP contribution is -2.07. The zero-order valence-corrected chi connectivity index (χ0v) is 10.9. The van der Waals surface area contributed by atoms with Crippen LogP contribution in [0.15, 0.2) is 48.2 Å². The van der Waals surface area contributed by atoms with Crippen molar-refractivity contribution in [3.8, 4) is 0 Å². The van der Waals surface area contributed by atoms with E-state index in [0.717, 1.165) is 5.52 Å². The maximum absolute atomic E-state index is 4.46. The van der Waals surface area contributed by atoms with Crippen molar-refractivity contribution < 1.29 is 0 Å². The van der Waals surface area contributed by atoms with Crippen LogP contribution < -0.4 is 0 Å². The predicted molar refractivity (Wildman–Crippen MR) is 76.7 cm³/mol. The van der Waals surface area contributed by atoms with E-state index in [-0.39, 0.29) is 0 Å². The average Bonchev–Trinajstić information content (AvgIpc) is 2.47. The Kier molecular flexibility index (Phi) is 3.14. The maximum Gasteiger partial charge on any atom is 0.0704 e. The summed E-state index contributed by atoms with van der Waals surface area (Å²) in [5.41, 5.74) is 4.26. The Bertz CT molecular complexity index is 568. The van der Waals surface area contributed by atoms with Gasteiger partial charge in [-0.05, 0) is 56.2 Å². The van der Waals surface area contributed by atoms with Crippen molar-refractivity contribution in [1.82, 2.24) is 4.98 Å². The number of allylic oxidation sites excluding steroid dienone is 2. The molecule has 1 aromatic carbocycles. The van der Waals surface area contributed by atoms with E-state index < -0.39 is 0 Å². The van der Waals surface area contributed by atoms with Crippen LogP contribution in [0.25, 0.3) is 10.9 Å². The standard InChI is InChI=1S/C17H19N/c1-2-13-8-10-14(11-9-13)15-5-3-7-17-16(15)6-4-12-18-17/h2-7,12,14H,8-11H2,1H3. The Labute approximate surface area is 109 Å². The second-order valence-electron chi connectivity index (χ2n) is 5.14. The van der Waals surface area contributed by atoms with Crippen molar-refractivity contribution in [2.24, 2.45) is 0 Å². The molecule has 0 saturated heterocycles. The highest BCUT2D eigenvalue weighted by Gasteiger charge is 2.19. The highest BCUT2D eigenvalue weighted by molar-refractivity contribution is 5.82. The van der Waals surface area contributed by atoms with Gasteiger partial charge in [0.2, 0.25) is 0 Å². The first-order valence-electron chi connectivity index (χ1n) is 6.86. The molecule has 2 aromatic rings. The van der Waals surface area contributed by atoms with Gasteiger partial charge in [-0.25, -0.2) is 0 Å². The van der Waals surface area contributed by atoms with Gasteiger partial charge in [-0.1, -0.05) is 29.8 Å². The summed E-state index contributed by atoms with van der Waals surface area (Å²) in [4.78, 5) is 4.46. The smallest absolute Gasteiger partial charge is 0.0704 e. The molecule has 1 aliphatic rings. The molecule has 1 aliphatic carbocycles. The summed E-state index contributed by atoms with van der Waals surface area (Å²) < 4.78 is 0. The zero-order valence-electron chi connectivity index (χ0n) is 10.9. The van der Waals surface area contributed by atoms with Crippen molar-refractivity contribution in [2.45, 2.75) is 38.5 Å². The molecular weight excluding hydrogens is 218 g/mol. The highest BCUT2D eigenvalue weighted by Crippen LogP contribution is 2.37. The summed E-state index contributed by atoms with van der Waals surface area (Å²) in [6, 6.07) is 10.8. The van der Waals surface area contributed by atoms with Gasteiger partial charge in [0.15, 0.2) is 0 Å². The van der Waals surface area contributed by atoms with Gasteiger partial charge >= 0.3 is 0 Å². The van der Waals surface area contributed by atoms with E-state index in [0.29, 0.717) is 5.92 Å². The van der Waals surface area contributed by atoms with Crippen LogP contribution >= 0.6 is 0 Å². The number of benzene rings is 1. The third-order valence-electron chi connectivity index (χ3n) is 4.16. The lowest BCUT2D eigenvalue weighted by Gasteiger charge is -2.25. The van der Waals surface area contributed by atoms with Crippen molar-refractivity contribution in [3.05, 3.63) is 53.7 Å². The van der Waals surface area contributed by atoms with E-state index in [2.05, 4.69) is 42.2 Å². The first-order valence-corrected chi connectivity index (χ1v) is 6.86. The molecule has 0 atom stereocenters. The fourth-order valence-corrected chi connectivity index (χ4v) is 3.07. The van der Waals surface area contributed by atoms with Crippen LogP contribution in [0.4, 0.5) is 0 Å². The van der Waals surface area contributed by atoms with Crippen LogP contribution in [-0.4, -0.2) is 4.98 Å². The van der Waals surface area contributed by atoms with E-state index >= 15 is 0 Å². The third kappa shape index (κ3) is 2.05. The van der Waals surface area contributed by atoms with Crippen molar-refractivity contribution in [3.63, 3.8) is 0 Å². The number of pyridine rings is 1. The number of fused-ring (bicyclic) bond motifs is 1. The lowest BCUT2D eigenvalue weighted by molar-refractivity contribution is 0.519. The quantitative estimate of drug-likeness (QED) is 0.647. The van der Waals surface area contributed by atoms with Crippen LogP contribution in [0.2, 0.25) is 0 Å². The molecule has 0 unspecified atom stereocenters. The SMILES string of the molecule is CC=C1CCC(c2cccc3ncccc23)CC1. The molecule has 1 fully saturated rings. The first kappa shape index (κ1) is 11.5. The largest absolute Gasteiger partial charge is 0.256 e. The van der Waals surface area contributed by atoms with Crippen molar-refractivity contribution in [2.75, 3.05) is 0 Å². The van der Waals surface area contributed by atoms with E-state index in [1.807, 2.05) is 12.3 Å². The molecule has 3 rings (SSSR count). The Hall–Kier alpha value is -1.63. The molecule has 1 aromatic heterocycles.